The number of para-hydroxylation sites is 2. The molecule has 5 heteroatoms. The number of benzene rings is 3. The van der Waals surface area contributed by atoms with E-state index in [1.807, 2.05) is 54.6 Å². The predicted molar refractivity (Wildman–Crippen MR) is 118 cm³/mol. The highest BCUT2D eigenvalue weighted by atomic mass is 35.5. The van der Waals surface area contributed by atoms with Crippen molar-refractivity contribution in [2.45, 2.75) is 19.4 Å². The lowest BCUT2D eigenvalue weighted by Crippen LogP contribution is -2.04. The van der Waals surface area contributed by atoms with Crippen LogP contribution in [0.3, 0.4) is 0 Å². The molecule has 0 unspecified atom stereocenters. The van der Waals surface area contributed by atoms with Crippen LogP contribution in [-0.4, -0.2) is 23.3 Å². The maximum Gasteiger partial charge on any atom is 0.141 e. The highest BCUT2D eigenvalue weighted by Gasteiger charge is 2.12. The van der Waals surface area contributed by atoms with Gasteiger partial charge in [0.1, 0.15) is 17.3 Å². The van der Waals surface area contributed by atoms with E-state index < -0.39 is 0 Å². The van der Waals surface area contributed by atoms with Crippen molar-refractivity contribution in [1.82, 2.24) is 9.55 Å². The number of aromatic nitrogens is 2. The summed E-state index contributed by atoms with van der Waals surface area (Å²) in [5.41, 5.74) is 3.22. The molecule has 3 aromatic carbocycles. The summed E-state index contributed by atoms with van der Waals surface area (Å²) in [6.07, 6.45) is 1.94. The molecule has 0 N–H and O–H groups in total. The normalized spacial score (nSPS) is 11.0. The van der Waals surface area contributed by atoms with E-state index >= 15 is 0 Å². The Labute approximate surface area is 175 Å². The Hall–Kier alpha value is -2.98. The molecule has 4 rings (SSSR count). The van der Waals surface area contributed by atoms with Crippen LogP contribution in [0.1, 0.15) is 12.8 Å². The Kier molecular flexibility index (Phi) is 6.01. The lowest BCUT2D eigenvalue weighted by Gasteiger charge is -2.11. The Morgan fingerprint density at radius 2 is 1.69 bits per heavy atom. The van der Waals surface area contributed by atoms with E-state index in [0.717, 1.165) is 58.3 Å². The minimum atomic E-state index is 0.663. The summed E-state index contributed by atoms with van der Waals surface area (Å²) in [5, 5.41) is 0.728. The van der Waals surface area contributed by atoms with Gasteiger partial charge in [0.2, 0.25) is 0 Å². The van der Waals surface area contributed by atoms with Gasteiger partial charge in [-0.25, -0.2) is 4.98 Å². The zero-order valence-electron chi connectivity index (χ0n) is 16.3. The van der Waals surface area contributed by atoms with Crippen molar-refractivity contribution in [2.75, 3.05) is 13.7 Å². The van der Waals surface area contributed by atoms with Gasteiger partial charge in [0.15, 0.2) is 0 Å². The van der Waals surface area contributed by atoms with Crippen molar-refractivity contribution < 1.29 is 9.47 Å². The Morgan fingerprint density at radius 3 is 2.52 bits per heavy atom. The molecule has 1 heterocycles. The number of ether oxygens (including phenoxy) is 2. The van der Waals surface area contributed by atoms with E-state index in [1.165, 1.54) is 0 Å². The lowest BCUT2D eigenvalue weighted by molar-refractivity contribution is 0.301. The van der Waals surface area contributed by atoms with Gasteiger partial charge in [0, 0.05) is 23.2 Å². The molecular formula is C24H23ClN2O2. The van der Waals surface area contributed by atoms with Crippen molar-refractivity contribution in [3.05, 3.63) is 77.8 Å². The van der Waals surface area contributed by atoms with Crippen LogP contribution in [0.25, 0.3) is 22.4 Å². The second kappa shape index (κ2) is 9.01. The Morgan fingerprint density at radius 1 is 0.897 bits per heavy atom. The minimum absolute atomic E-state index is 0.663. The lowest BCUT2D eigenvalue weighted by atomic mass is 10.2. The molecular weight excluding hydrogens is 384 g/mol. The largest absolute Gasteiger partial charge is 0.497 e. The third-order valence-corrected chi connectivity index (χ3v) is 5.09. The van der Waals surface area contributed by atoms with Gasteiger partial charge in [-0.05, 0) is 61.4 Å². The zero-order chi connectivity index (χ0) is 20.1. The summed E-state index contributed by atoms with van der Waals surface area (Å²) < 4.78 is 13.4. The fourth-order valence-corrected chi connectivity index (χ4v) is 3.50. The minimum Gasteiger partial charge on any atom is -0.497 e. The number of unbranched alkanes of at least 4 members (excludes halogenated alkanes) is 1. The fourth-order valence-electron chi connectivity index (χ4n) is 3.37. The molecule has 148 valence electrons. The number of nitrogens with zero attached hydrogens (tertiary/aromatic N) is 2. The van der Waals surface area contributed by atoms with E-state index in [4.69, 9.17) is 26.1 Å². The average Bonchev–Trinajstić information content (AvgIpc) is 3.13. The van der Waals surface area contributed by atoms with Crippen molar-refractivity contribution in [2.24, 2.45) is 0 Å². The molecule has 0 bridgehead atoms. The highest BCUT2D eigenvalue weighted by Crippen LogP contribution is 2.26. The summed E-state index contributed by atoms with van der Waals surface area (Å²) in [6, 6.07) is 23.8. The topological polar surface area (TPSA) is 36.3 Å². The molecule has 1 aromatic heterocycles. The highest BCUT2D eigenvalue weighted by molar-refractivity contribution is 6.30. The molecule has 4 nitrogen and oxygen atoms in total. The quantitative estimate of drug-likeness (QED) is 0.326. The SMILES string of the molecule is COc1cccc(OCCCCn2c(-c3ccc(Cl)cc3)nc3ccccc32)c1. The number of aryl methyl sites for hydroxylation is 1. The number of hydrogen-bond acceptors (Lipinski definition) is 3. The third-order valence-electron chi connectivity index (χ3n) is 4.84. The first kappa shape index (κ1) is 19.3. The maximum absolute atomic E-state index is 6.06. The number of imidazole rings is 1. The second-order valence-electron chi connectivity index (χ2n) is 6.82. The molecule has 0 fully saturated rings. The van der Waals surface area contributed by atoms with Gasteiger partial charge in [-0.3, -0.25) is 0 Å². The second-order valence-corrected chi connectivity index (χ2v) is 7.25. The predicted octanol–water partition coefficient (Wildman–Crippen LogP) is 6.22. The van der Waals surface area contributed by atoms with Crippen LogP contribution in [-0.2, 0) is 6.54 Å². The molecule has 0 radical (unpaired) electrons. The van der Waals surface area contributed by atoms with E-state index in [0.29, 0.717) is 6.61 Å². The monoisotopic (exact) mass is 406 g/mol. The summed E-state index contributed by atoms with van der Waals surface area (Å²) in [7, 11) is 1.66. The van der Waals surface area contributed by atoms with Gasteiger partial charge >= 0.3 is 0 Å². The maximum atomic E-state index is 6.06. The Bertz CT molecular complexity index is 1090. The standard InChI is InChI=1S/C24H23ClN2O2/c1-28-20-7-6-8-21(17-20)29-16-5-4-15-27-23-10-3-2-9-22(23)26-24(27)18-11-13-19(25)14-12-18/h2-3,6-14,17H,4-5,15-16H2,1H3. The van der Waals surface area contributed by atoms with Crippen LogP contribution < -0.4 is 9.47 Å². The molecule has 0 aliphatic carbocycles. The molecule has 0 amide bonds. The van der Waals surface area contributed by atoms with Crippen molar-refractivity contribution in [3.8, 4) is 22.9 Å². The van der Waals surface area contributed by atoms with Crippen molar-refractivity contribution >= 4 is 22.6 Å². The van der Waals surface area contributed by atoms with Gasteiger partial charge in [0.05, 0.1) is 24.8 Å². The molecule has 0 aliphatic rings. The van der Waals surface area contributed by atoms with Crippen LogP contribution in [0.2, 0.25) is 5.02 Å². The van der Waals surface area contributed by atoms with Gasteiger partial charge in [-0.2, -0.15) is 0 Å². The van der Waals surface area contributed by atoms with Crippen LogP contribution in [0.15, 0.2) is 72.8 Å². The van der Waals surface area contributed by atoms with Crippen molar-refractivity contribution in [3.63, 3.8) is 0 Å². The molecule has 29 heavy (non-hydrogen) atoms. The van der Waals surface area contributed by atoms with Crippen molar-refractivity contribution in [1.29, 1.82) is 0 Å². The number of hydrogen-bond donors (Lipinski definition) is 0. The van der Waals surface area contributed by atoms with Crippen LogP contribution in [0, 0.1) is 0 Å². The Balaban J connectivity index is 1.44. The summed E-state index contributed by atoms with van der Waals surface area (Å²) in [6.45, 7) is 1.54. The van der Waals surface area contributed by atoms with Gasteiger partial charge < -0.3 is 14.0 Å². The number of fused-ring (bicyclic) bond motifs is 1. The first-order valence-corrected chi connectivity index (χ1v) is 10.1. The number of halogens is 1. The van der Waals surface area contributed by atoms with Crippen LogP contribution in [0.4, 0.5) is 0 Å². The summed E-state index contributed by atoms with van der Waals surface area (Å²) in [5.74, 6) is 2.61. The van der Waals surface area contributed by atoms with Crippen LogP contribution >= 0.6 is 11.6 Å². The molecule has 4 aromatic rings. The van der Waals surface area contributed by atoms with Gasteiger partial charge in [-0.1, -0.05) is 29.8 Å². The first-order chi connectivity index (χ1) is 14.2. The summed E-state index contributed by atoms with van der Waals surface area (Å²) in [4.78, 5) is 4.85. The van der Waals surface area contributed by atoms with Gasteiger partial charge in [-0.15, -0.1) is 0 Å². The summed E-state index contributed by atoms with van der Waals surface area (Å²) >= 11 is 6.06. The number of methoxy groups -OCH3 is 1. The molecule has 0 spiro atoms. The first-order valence-electron chi connectivity index (χ1n) is 9.72. The fraction of sp³-hybridized carbons (Fsp3) is 0.208. The third kappa shape index (κ3) is 4.54. The zero-order valence-corrected chi connectivity index (χ0v) is 17.1. The van der Waals surface area contributed by atoms with Gasteiger partial charge in [0.25, 0.3) is 0 Å². The molecule has 0 atom stereocenters. The van der Waals surface area contributed by atoms with Crippen LogP contribution in [0.5, 0.6) is 11.5 Å². The molecule has 0 saturated heterocycles. The smallest absolute Gasteiger partial charge is 0.141 e. The van der Waals surface area contributed by atoms with E-state index in [2.05, 4.69) is 22.8 Å². The van der Waals surface area contributed by atoms with E-state index in [-0.39, 0.29) is 0 Å². The average molecular weight is 407 g/mol. The van der Waals surface area contributed by atoms with E-state index in [1.54, 1.807) is 7.11 Å². The number of rotatable bonds is 8. The molecule has 0 saturated carbocycles. The van der Waals surface area contributed by atoms with E-state index in [9.17, 15) is 0 Å². The molecule has 0 aliphatic heterocycles.